The maximum Gasteiger partial charge on any atom is 0.319 e. The van der Waals surface area contributed by atoms with Gasteiger partial charge in [0.2, 0.25) is 5.91 Å². The number of amides is 4. The van der Waals surface area contributed by atoms with E-state index in [0.717, 1.165) is 17.7 Å². The summed E-state index contributed by atoms with van der Waals surface area (Å²) in [6.07, 6.45) is 1.65. The summed E-state index contributed by atoms with van der Waals surface area (Å²) in [7, 11) is 0. The van der Waals surface area contributed by atoms with E-state index < -0.39 is 11.9 Å². The van der Waals surface area contributed by atoms with Crippen molar-refractivity contribution in [1.29, 1.82) is 5.26 Å². The molecular formula is C23H25N5O3. The molecule has 1 heterocycles. The Hall–Kier alpha value is -3.86. The van der Waals surface area contributed by atoms with Crippen LogP contribution < -0.4 is 16.4 Å². The normalized spacial score (nSPS) is 14.0. The molecule has 8 nitrogen and oxygen atoms in total. The minimum Gasteiger partial charge on any atom is -0.368 e. The first-order chi connectivity index (χ1) is 14.8. The number of piperidine rings is 1. The Bertz CT molecular complexity index is 1030. The molecule has 0 bridgehead atoms. The van der Waals surface area contributed by atoms with Gasteiger partial charge in [0.1, 0.15) is 6.54 Å². The summed E-state index contributed by atoms with van der Waals surface area (Å²) in [4.78, 5) is 39.1. The molecule has 0 radical (unpaired) electrons. The molecule has 1 fully saturated rings. The average molecular weight is 419 g/mol. The van der Waals surface area contributed by atoms with Crippen molar-refractivity contribution in [1.82, 2.24) is 4.90 Å². The van der Waals surface area contributed by atoms with Crippen LogP contribution in [0.25, 0.3) is 0 Å². The van der Waals surface area contributed by atoms with Crippen molar-refractivity contribution < 1.29 is 14.4 Å². The van der Waals surface area contributed by atoms with E-state index in [0.29, 0.717) is 41.4 Å². The fourth-order valence-corrected chi connectivity index (χ4v) is 3.90. The standard InChI is InChI=1S/C23H25N5O3/c1-15-2-5-19(12-20(15)28(23(26)31)14-21(25)29)22(30)27-10-8-18(9-11-27)17-6-3-16(13-24)4-7-17/h2-7,12,18H,8-11,14H2,1H3,(H2,25,29)(H2,26,31). The highest BCUT2D eigenvalue weighted by atomic mass is 16.2. The SMILES string of the molecule is Cc1ccc(C(=O)N2CCC(c3ccc(C#N)cc3)CC2)cc1N(CC(N)=O)C(N)=O. The number of benzene rings is 2. The zero-order chi connectivity index (χ0) is 22.5. The van der Waals surface area contributed by atoms with E-state index in [9.17, 15) is 14.4 Å². The third kappa shape index (κ3) is 5.01. The topological polar surface area (TPSA) is 134 Å². The molecule has 0 atom stereocenters. The van der Waals surface area contributed by atoms with Crippen LogP contribution in [-0.2, 0) is 4.79 Å². The number of primary amides is 2. The highest BCUT2D eigenvalue weighted by Crippen LogP contribution is 2.29. The number of carbonyl (C=O) groups excluding carboxylic acids is 3. The fraction of sp³-hybridized carbons (Fsp3) is 0.304. The molecule has 2 aromatic carbocycles. The largest absolute Gasteiger partial charge is 0.368 e. The third-order valence-electron chi connectivity index (χ3n) is 5.62. The molecule has 1 saturated heterocycles. The van der Waals surface area contributed by atoms with E-state index in [2.05, 4.69) is 6.07 Å². The number of rotatable bonds is 5. The summed E-state index contributed by atoms with van der Waals surface area (Å²) < 4.78 is 0. The molecule has 2 aromatic rings. The van der Waals surface area contributed by atoms with Gasteiger partial charge in [-0.2, -0.15) is 5.26 Å². The molecule has 0 aliphatic carbocycles. The van der Waals surface area contributed by atoms with Gasteiger partial charge < -0.3 is 16.4 Å². The van der Waals surface area contributed by atoms with Crippen molar-refractivity contribution >= 4 is 23.5 Å². The van der Waals surface area contributed by atoms with E-state index >= 15 is 0 Å². The lowest BCUT2D eigenvalue weighted by molar-refractivity contribution is -0.116. The minimum atomic E-state index is -0.810. The molecule has 4 N–H and O–H groups in total. The van der Waals surface area contributed by atoms with E-state index in [1.165, 1.54) is 5.56 Å². The molecule has 4 amide bonds. The summed E-state index contributed by atoms with van der Waals surface area (Å²) in [5.74, 6) is -0.492. The van der Waals surface area contributed by atoms with Crippen molar-refractivity contribution in [3.63, 3.8) is 0 Å². The number of hydrogen-bond acceptors (Lipinski definition) is 4. The van der Waals surface area contributed by atoms with Gasteiger partial charge in [-0.15, -0.1) is 0 Å². The number of nitriles is 1. The summed E-state index contributed by atoms with van der Waals surface area (Å²) in [6.45, 7) is 2.62. The lowest BCUT2D eigenvalue weighted by Crippen LogP contribution is -2.42. The lowest BCUT2D eigenvalue weighted by atomic mass is 9.89. The third-order valence-corrected chi connectivity index (χ3v) is 5.62. The van der Waals surface area contributed by atoms with Crippen molar-refractivity contribution in [2.75, 3.05) is 24.5 Å². The van der Waals surface area contributed by atoms with Gasteiger partial charge >= 0.3 is 6.03 Å². The van der Waals surface area contributed by atoms with Crippen LogP contribution in [0.3, 0.4) is 0 Å². The predicted molar refractivity (Wildman–Crippen MR) is 116 cm³/mol. The maximum atomic E-state index is 13.1. The van der Waals surface area contributed by atoms with Crippen molar-refractivity contribution in [3.8, 4) is 6.07 Å². The van der Waals surface area contributed by atoms with Crippen LogP contribution in [0.5, 0.6) is 0 Å². The second-order valence-electron chi connectivity index (χ2n) is 7.69. The molecule has 31 heavy (non-hydrogen) atoms. The Morgan fingerprint density at radius 1 is 1.10 bits per heavy atom. The predicted octanol–water partition coefficient (Wildman–Crippen LogP) is 2.26. The van der Waals surface area contributed by atoms with Crippen molar-refractivity contribution in [2.45, 2.75) is 25.7 Å². The van der Waals surface area contributed by atoms with Gasteiger partial charge in [-0.25, -0.2) is 4.79 Å². The summed E-state index contributed by atoms with van der Waals surface area (Å²) in [5.41, 5.74) is 14.0. The van der Waals surface area contributed by atoms with Crippen LogP contribution in [0, 0.1) is 18.3 Å². The van der Waals surface area contributed by atoms with E-state index in [4.69, 9.17) is 16.7 Å². The number of hydrogen-bond donors (Lipinski definition) is 2. The first kappa shape index (κ1) is 21.8. The highest BCUT2D eigenvalue weighted by molar-refractivity contribution is 6.00. The Morgan fingerprint density at radius 2 is 1.74 bits per heavy atom. The molecule has 3 rings (SSSR count). The number of nitrogens with two attached hydrogens (primary N) is 2. The number of carbonyl (C=O) groups is 3. The monoisotopic (exact) mass is 419 g/mol. The Kier molecular flexibility index (Phi) is 6.55. The van der Waals surface area contributed by atoms with E-state index in [1.54, 1.807) is 30.0 Å². The molecular weight excluding hydrogens is 394 g/mol. The molecule has 1 aliphatic heterocycles. The fourth-order valence-electron chi connectivity index (χ4n) is 3.90. The zero-order valence-corrected chi connectivity index (χ0v) is 17.4. The molecule has 0 unspecified atom stereocenters. The molecule has 8 heteroatoms. The molecule has 160 valence electrons. The van der Waals surface area contributed by atoms with Crippen LogP contribution in [-0.4, -0.2) is 42.4 Å². The van der Waals surface area contributed by atoms with Gasteiger partial charge in [0, 0.05) is 24.3 Å². The lowest BCUT2D eigenvalue weighted by Gasteiger charge is -2.32. The highest BCUT2D eigenvalue weighted by Gasteiger charge is 2.26. The second-order valence-corrected chi connectivity index (χ2v) is 7.69. The number of likely N-dealkylation sites (tertiary alicyclic amines) is 1. The van der Waals surface area contributed by atoms with E-state index in [1.807, 2.05) is 24.3 Å². The second kappa shape index (κ2) is 9.30. The van der Waals surface area contributed by atoms with Crippen LogP contribution in [0.2, 0.25) is 0 Å². The summed E-state index contributed by atoms with van der Waals surface area (Å²) in [5, 5.41) is 8.94. The van der Waals surface area contributed by atoms with Gasteiger partial charge in [-0.3, -0.25) is 14.5 Å². The number of anilines is 1. The summed E-state index contributed by atoms with van der Waals surface area (Å²) >= 11 is 0. The Morgan fingerprint density at radius 3 is 2.29 bits per heavy atom. The van der Waals surface area contributed by atoms with Gasteiger partial charge in [0.15, 0.2) is 0 Å². The quantitative estimate of drug-likeness (QED) is 0.769. The number of aryl methyl sites for hydroxylation is 1. The molecule has 0 spiro atoms. The number of urea groups is 1. The Labute approximate surface area is 181 Å². The average Bonchev–Trinajstić information content (AvgIpc) is 2.77. The minimum absolute atomic E-state index is 0.136. The van der Waals surface area contributed by atoms with Gasteiger partial charge in [0.25, 0.3) is 5.91 Å². The molecule has 1 aliphatic rings. The zero-order valence-electron chi connectivity index (χ0n) is 17.4. The molecule has 0 aromatic heterocycles. The van der Waals surface area contributed by atoms with Crippen LogP contribution >= 0.6 is 0 Å². The van der Waals surface area contributed by atoms with Crippen LogP contribution in [0.1, 0.15) is 45.8 Å². The first-order valence-electron chi connectivity index (χ1n) is 10.1. The van der Waals surface area contributed by atoms with Crippen molar-refractivity contribution in [3.05, 3.63) is 64.7 Å². The maximum absolute atomic E-state index is 13.1. The van der Waals surface area contributed by atoms with Gasteiger partial charge in [0.05, 0.1) is 11.6 Å². The van der Waals surface area contributed by atoms with Crippen molar-refractivity contribution in [2.24, 2.45) is 11.5 Å². The molecule has 0 saturated carbocycles. The summed E-state index contributed by atoms with van der Waals surface area (Å²) in [6, 6.07) is 13.9. The van der Waals surface area contributed by atoms with Gasteiger partial charge in [-0.1, -0.05) is 18.2 Å². The van der Waals surface area contributed by atoms with Crippen LogP contribution in [0.15, 0.2) is 42.5 Å². The van der Waals surface area contributed by atoms with Gasteiger partial charge in [-0.05, 0) is 61.1 Å². The Balaban J connectivity index is 1.72. The van der Waals surface area contributed by atoms with E-state index in [-0.39, 0.29) is 12.5 Å². The smallest absolute Gasteiger partial charge is 0.319 e. The first-order valence-corrected chi connectivity index (χ1v) is 10.1. The van der Waals surface area contributed by atoms with Crippen LogP contribution in [0.4, 0.5) is 10.5 Å². The number of nitrogens with zero attached hydrogens (tertiary/aromatic N) is 3.